The van der Waals surface area contributed by atoms with Crippen LogP contribution in [-0.2, 0) is 16.6 Å². The van der Waals surface area contributed by atoms with Crippen molar-refractivity contribution in [1.29, 1.82) is 0 Å². The van der Waals surface area contributed by atoms with Crippen molar-refractivity contribution in [3.8, 4) is 0 Å². The van der Waals surface area contributed by atoms with Gasteiger partial charge in [0.15, 0.2) is 0 Å². The Hall–Kier alpha value is -2.78. The summed E-state index contributed by atoms with van der Waals surface area (Å²) >= 11 is 0. The van der Waals surface area contributed by atoms with E-state index < -0.39 is 20.9 Å². The van der Waals surface area contributed by atoms with E-state index in [1.165, 1.54) is 48.5 Å². The van der Waals surface area contributed by atoms with Crippen LogP contribution in [0.25, 0.3) is 0 Å². The summed E-state index contributed by atoms with van der Waals surface area (Å²) in [6.07, 6.45) is 0. The molecule has 0 spiro atoms. The van der Waals surface area contributed by atoms with E-state index in [-0.39, 0.29) is 22.7 Å². The minimum Gasteiger partial charge on any atom is -0.478 e. The van der Waals surface area contributed by atoms with E-state index in [4.69, 9.17) is 5.11 Å². The topological polar surface area (TPSA) is 127 Å². The summed E-state index contributed by atoms with van der Waals surface area (Å²) in [6, 6.07) is 10.3. The fraction of sp³-hybridized carbons (Fsp3) is 0.0714. The van der Waals surface area contributed by atoms with Crippen LogP contribution < -0.4 is 4.72 Å². The minimum absolute atomic E-state index is 0.0145. The number of benzene rings is 2. The molecule has 0 aliphatic rings. The second-order valence-electron chi connectivity index (χ2n) is 4.58. The second-order valence-corrected chi connectivity index (χ2v) is 6.34. The molecule has 0 atom stereocenters. The van der Waals surface area contributed by atoms with Gasteiger partial charge in [0.05, 0.1) is 15.4 Å². The van der Waals surface area contributed by atoms with Crippen molar-refractivity contribution in [2.75, 3.05) is 0 Å². The van der Waals surface area contributed by atoms with E-state index in [9.17, 15) is 23.3 Å². The number of rotatable bonds is 6. The molecule has 2 N–H and O–H groups in total. The Bertz CT molecular complexity index is 829. The van der Waals surface area contributed by atoms with Crippen molar-refractivity contribution >= 4 is 21.7 Å². The molecule has 0 saturated heterocycles. The number of nitrogens with zero attached hydrogens (tertiary/aromatic N) is 1. The Labute approximate surface area is 131 Å². The summed E-state index contributed by atoms with van der Waals surface area (Å²) in [4.78, 5) is 20.7. The first kappa shape index (κ1) is 16.6. The third-order valence-electron chi connectivity index (χ3n) is 3.03. The van der Waals surface area contributed by atoms with Gasteiger partial charge in [-0.2, -0.15) is 0 Å². The molecule has 0 saturated carbocycles. The molecule has 9 heteroatoms. The number of sulfonamides is 1. The molecular weight excluding hydrogens is 324 g/mol. The molecule has 0 radical (unpaired) electrons. The second kappa shape index (κ2) is 6.55. The largest absolute Gasteiger partial charge is 0.478 e. The Morgan fingerprint density at radius 3 is 2.13 bits per heavy atom. The SMILES string of the molecule is O=C(O)c1ccc(S(=O)(=O)NCc2ccc([N+](=O)[O-])cc2)cc1. The molecule has 2 aromatic carbocycles. The number of aromatic carboxylic acids is 1. The number of hydrogen-bond acceptors (Lipinski definition) is 5. The fourth-order valence-electron chi connectivity index (χ4n) is 1.77. The van der Waals surface area contributed by atoms with Crippen molar-refractivity contribution in [3.05, 3.63) is 69.8 Å². The van der Waals surface area contributed by atoms with Crippen molar-refractivity contribution in [2.24, 2.45) is 0 Å². The lowest BCUT2D eigenvalue weighted by atomic mass is 10.2. The third-order valence-corrected chi connectivity index (χ3v) is 4.44. The lowest BCUT2D eigenvalue weighted by Gasteiger charge is -2.07. The molecule has 0 bridgehead atoms. The molecule has 0 aliphatic heterocycles. The molecular formula is C14H12N2O6S. The van der Waals surface area contributed by atoms with Gasteiger partial charge in [-0.05, 0) is 29.8 Å². The van der Waals surface area contributed by atoms with Crippen LogP contribution in [0.15, 0.2) is 53.4 Å². The van der Waals surface area contributed by atoms with Gasteiger partial charge in [-0.15, -0.1) is 0 Å². The van der Waals surface area contributed by atoms with Gasteiger partial charge in [0, 0.05) is 18.7 Å². The van der Waals surface area contributed by atoms with Gasteiger partial charge >= 0.3 is 5.97 Å². The molecule has 0 amide bonds. The first-order valence-corrected chi connectivity index (χ1v) is 7.84. The average molecular weight is 336 g/mol. The maximum atomic E-state index is 12.1. The lowest BCUT2D eigenvalue weighted by Crippen LogP contribution is -2.23. The smallest absolute Gasteiger partial charge is 0.335 e. The number of nitro groups is 1. The monoisotopic (exact) mass is 336 g/mol. The number of non-ortho nitro benzene ring substituents is 1. The molecule has 0 aromatic heterocycles. The number of nitrogens with one attached hydrogen (secondary N) is 1. The molecule has 0 heterocycles. The molecule has 0 aliphatic carbocycles. The van der Waals surface area contributed by atoms with Gasteiger partial charge in [0.25, 0.3) is 5.69 Å². The third kappa shape index (κ3) is 4.11. The van der Waals surface area contributed by atoms with E-state index in [1.807, 2.05) is 0 Å². The Morgan fingerprint density at radius 2 is 1.65 bits per heavy atom. The van der Waals surface area contributed by atoms with Gasteiger partial charge < -0.3 is 5.11 Å². The van der Waals surface area contributed by atoms with Crippen LogP contribution in [-0.4, -0.2) is 24.4 Å². The standard InChI is InChI=1S/C14H12N2O6S/c17-14(18)11-3-7-13(8-4-11)23(21,22)15-9-10-1-5-12(6-2-10)16(19)20/h1-8,15H,9H2,(H,17,18). The molecule has 0 unspecified atom stereocenters. The highest BCUT2D eigenvalue weighted by molar-refractivity contribution is 7.89. The summed E-state index contributed by atoms with van der Waals surface area (Å²) in [7, 11) is -3.80. The number of carboxylic acid groups (broad SMARTS) is 1. The lowest BCUT2D eigenvalue weighted by molar-refractivity contribution is -0.384. The maximum Gasteiger partial charge on any atom is 0.335 e. The van der Waals surface area contributed by atoms with E-state index in [0.29, 0.717) is 5.56 Å². The number of carbonyl (C=O) groups is 1. The normalized spacial score (nSPS) is 11.1. The molecule has 23 heavy (non-hydrogen) atoms. The van der Waals surface area contributed by atoms with Gasteiger partial charge in [-0.3, -0.25) is 10.1 Å². The zero-order chi connectivity index (χ0) is 17.0. The highest BCUT2D eigenvalue weighted by atomic mass is 32.2. The van der Waals surface area contributed by atoms with Gasteiger partial charge in [-0.25, -0.2) is 17.9 Å². The fourth-order valence-corrected chi connectivity index (χ4v) is 2.79. The first-order chi connectivity index (χ1) is 10.8. The molecule has 8 nitrogen and oxygen atoms in total. The maximum absolute atomic E-state index is 12.1. The van der Waals surface area contributed by atoms with Crippen LogP contribution in [0.2, 0.25) is 0 Å². The van der Waals surface area contributed by atoms with Crippen LogP contribution >= 0.6 is 0 Å². The van der Waals surface area contributed by atoms with Crippen molar-refractivity contribution < 1.29 is 23.2 Å². The van der Waals surface area contributed by atoms with Crippen molar-refractivity contribution in [3.63, 3.8) is 0 Å². The van der Waals surface area contributed by atoms with Crippen LogP contribution in [0.1, 0.15) is 15.9 Å². The van der Waals surface area contributed by atoms with Gasteiger partial charge in [0.2, 0.25) is 10.0 Å². The highest BCUT2D eigenvalue weighted by Gasteiger charge is 2.15. The summed E-state index contributed by atoms with van der Waals surface area (Å²) in [5.74, 6) is -1.15. The first-order valence-electron chi connectivity index (χ1n) is 6.36. The zero-order valence-corrected chi connectivity index (χ0v) is 12.5. The quantitative estimate of drug-likeness (QED) is 0.611. The summed E-state index contributed by atoms with van der Waals surface area (Å²) < 4.78 is 26.5. The molecule has 2 rings (SSSR count). The van der Waals surface area contributed by atoms with E-state index in [2.05, 4.69) is 4.72 Å². The molecule has 2 aromatic rings. The van der Waals surface area contributed by atoms with Crippen LogP contribution in [0.3, 0.4) is 0 Å². The summed E-state index contributed by atoms with van der Waals surface area (Å²) in [6.45, 7) is -0.0407. The Morgan fingerprint density at radius 1 is 1.09 bits per heavy atom. The van der Waals surface area contributed by atoms with Crippen LogP contribution in [0.4, 0.5) is 5.69 Å². The minimum atomic E-state index is -3.80. The molecule has 120 valence electrons. The van der Waals surface area contributed by atoms with Gasteiger partial charge in [-0.1, -0.05) is 12.1 Å². The van der Waals surface area contributed by atoms with Gasteiger partial charge in [0.1, 0.15) is 0 Å². The number of hydrogen-bond donors (Lipinski definition) is 2. The van der Waals surface area contributed by atoms with E-state index in [0.717, 1.165) is 0 Å². The van der Waals surface area contributed by atoms with Crippen molar-refractivity contribution in [1.82, 2.24) is 4.72 Å². The van der Waals surface area contributed by atoms with E-state index in [1.54, 1.807) is 0 Å². The number of nitro benzene ring substituents is 1. The Kier molecular flexibility index (Phi) is 4.72. The average Bonchev–Trinajstić information content (AvgIpc) is 2.53. The van der Waals surface area contributed by atoms with Crippen molar-refractivity contribution in [2.45, 2.75) is 11.4 Å². The Balaban J connectivity index is 2.09. The molecule has 0 fully saturated rings. The highest BCUT2D eigenvalue weighted by Crippen LogP contribution is 2.14. The summed E-state index contributed by atoms with van der Waals surface area (Å²) in [5.41, 5.74) is 0.460. The van der Waals surface area contributed by atoms with Crippen LogP contribution in [0, 0.1) is 10.1 Å². The zero-order valence-electron chi connectivity index (χ0n) is 11.7. The summed E-state index contributed by atoms with van der Waals surface area (Å²) in [5, 5.41) is 19.3. The number of carboxylic acids is 1. The predicted molar refractivity (Wildman–Crippen MR) is 80.5 cm³/mol. The van der Waals surface area contributed by atoms with Crippen LogP contribution in [0.5, 0.6) is 0 Å². The predicted octanol–water partition coefficient (Wildman–Crippen LogP) is 1.77. The van der Waals surface area contributed by atoms with E-state index >= 15 is 0 Å².